The first-order valence-corrected chi connectivity index (χ1v) is 7.02. The summed E-state index contributed by atoms with van der Waals surface area (Å²) in [6, 6.07) is 7.39. The second kappa shape index (κ2) is 5.40. The van der Waals surface area contributed by atoms with Crippen molar-refractivity contribution in [1.82, 2.24) is 4.98 Å². The van der Waals surface area contributed by atoms with Gasteiger partial charge in [-0.05, 0) is 37.0 Å². The maximum Gasteiger partial charge on any atom is 0.145 e. The lowest BCUT2D eigenvalue weighted by Gasteiger charge is -2.12. The number of pyridine rings is 1. The molecule has 0 N–H and O–H groups in total. The molecule has 98 valence electrons. The van der Waals surface area contributed by atoms with Crippen molar-refractivity contribution in [2.45, 2.75) is 12.8 Å². The molecule has 1 heterocycles. The first-order valence-electron chi connectivity index (χ1n) is 6.26. The maximum atomic E-state index is 6.25. The van der Waals surface area contributed by atoms with Crippen LogP contribution in [0.2, 0.25) is 10.0 Å². The highest BCUT2D eigenvalue weighted by molar-refractivity contribution is 6.36. The standard InChI is InChI=1S/C15H13Cl2NO/c16-11-3-4-12(14(17)7-11)13-5-6-18-8-15(13)19-9-10-1-2-10/h3-8,10H,1-2,9H2. The Hall–Kier alpha value is -1.25. The maximum absolute atomic E-state index is 6.25. The SMILES string of the molecule is Clc1ccc(-c2ccncc2OCC2CC2)c(Cl)c1. The van der Waals surface area contributed by atoms with Gasteiger partial charge in [-0.15, -0.1) is 0 Å². The van der Waals surface area contributed by atoms with E-state index < -0.39 is 0 Å². The minimum absolute atomic E-state index is 0.620. The summed E-state index contributed by atoms with van der Waals surface area (Å²) in [6.45, 7) is 0.754. The summed E-state index contributed by atoms with van der Waals surface area (Å²) in [6.07, 6.45) is 6.00. The van der Waals surface area contributed by atoms with Gasteiger partial charge in [-0.1, -0.05) is 29.3 Å². The molecule has 0 unspecified atom stereocenters. The highest BCUT2D eigenvalue weighted by atomic mass is 35.5. The Morgan fingerprint density at radius 3 is 2.74 bits per heavy atom. The van der Waals surface area contributed by atoms with Crippen molar-refractivity contribution < 1.29 is 4.74 Å². The van der Waals surface area contributed by atoms with Crippen molar-refractivity contribution in [1.29, 1.82) is 0 Å². The largest absolute Gasteiger partial charge is 0.491 e. The van der Waals surface area contributed by atoms with Crippen molar-refractivity contribution in [3.8, 4) is 16.9 Å². The minimum atomic E-state index is 0.620. The van der Waals surface area contributed by atoms with E-state index >= 15 is 0 Å². The van der Waals surface area contributed by atoms with E-state index in [4.69, 9.17) is 27.9 Å². The molecule has 1 aliphatic carbocycles. The van der Waals surface area contributed by atoms with Crippen LogP contribution >= 0.6 is 23.2 Å². The number of ether oxygens (including phenoxy) is 1. The highest BCUT2D eigenvalue weighted by Crippen LogP contribution is 2.37. The van der Waals surface area contributed by atoms with Crippen LogP contribution in [0, 0.1) is 5.92 Å². The van der Waals surface area contributed by atoms with E-state index in [2.05, 4.69) is 4.98 Å². The summed E-state index contributed by atoms with van der Waals surface area (Å²) in [4.78, 5) is 4.12. The first kappa shape index (κ1) is 12.8. The van der Waals surface area contributed by atoms with Gasteiger partial charge in [0.1, 0.15) is 5.75 Å². The molecule has 1 aromatic carbocycles. The Balaban J connectivity index is 1.93. The molecular weight excluding hydrogens is 281 g/mol. The van der Waals surface area contributed by atoms with Crippen molar-refractivity contribution >= 4 is 23.2 Å². The lowest BCUT2D eigenvalue weighted by atomic mass is 10.1. The van der Waals surface area contributed by atoms with Crippen LogP contribution in [0.4, 0.5) is 0 Å². The molecule has 0 spiro atoms. The van der Waals surface area contributed by atoms with Gasteiger partial charge in [0.05, 0.1) is 17.8 Å². The van der Waals surface area contributed by atoms with Gasteiger partial charge in [-0.3, -0.25) is 4.98 Å². The first-order chi connectivity index (χ1) is 9.24. The van der Waals surface area contributed by atoms with Gasteiger partial charge >= 0.3 is 0 Å². The predicted molar refractivity (Wildman–Crippen MR) is 77.9 cm³/mol. The Morgan fingerprint density at radius 2 is 2.00 bits per heavy atom. The van der Waals surface area contributed by atoms with E-state index in [9.17, 15) is 0 Å². The van der Waals surface area contributed by atoms with Gasteiger partial charge in [0.25, 0.3) is 0 Å². The Bertz CT molecular complexity index is 596. The summed E-state index contributed by atoms with van der Waals surface area (Å²) in [7, 11) is 0. The number of rotatable bonds is 4. The molecule has 1 fully saturated rings. The molecule has 2 nitrogen and oxygen atoms in total. The predicted octanol–water partition coefficient (Wildman–Crippen LogP) is 4.84. The fourth-order valence-electron chi connectivity index (χ4n) is 1.92. The Kier molecular flexibility index (Phi) is 3.63. The summed E-state index contributed by atoms with van der Waals surface area (Å²) in [5.41, 5.74) is 1.87. The van der Waals surface area contributed by atoms with Crippen LogP contribution in [0.5, 0.6) is 5.75 Å². The topological polar surface area (TPSA) is 22.1 Å². The van der Waals surface area contributed by atoms with Gasteiger partial charge in [0, 0.05) is 22.3 Å². The number of benzene rings is 1. The van der Waals surface area contributed by atoms with E-state index in [0.717, 1.165) is 23.5 Å². The second-order valence-corrected chi connectivity index (χ2v) is 5.59. The normalized spacial score (nSPS) is 14.4. The average molecular weight is 294 g/mol. The fraction of sp³-hybridized carbons (Fsp3) is 0.267. The van der Waals surface area contributed by atoms with Gasteiger partial charge in [0.2, 0.25) is 0 Å². The van der Waals surface area contributed by atoms with Crippen LogP contribution in [0.3, 0.4) is 0 Å². The molecule has 0 bridgehead atoms. The third-order valence-electron chi connectivity index (χ3n) is 3.18. The molecule has 19 heavy (non-hydrogen) atoms. The monoisotopic (exact) mass is 293 g/mol. The molecule has 0 radical (unpaired) electrons. The second-order valence-electron chi connectivity index (χ2n) is 4.75. The van der Waals surface area contributed by atoms with Gasteiger partial charge < -0.3 is 4.74 Å². The highest BCUT2D eigenvalue weighted by Gasteiger charge is 2.22. The molecule has 1 aromatic heterocycles. The quantitative estimate of drug-likeness (QED) is 0.804. The Morgan fingerprint density at radius 1 is 1.16 bits per heavy atom. The lowest BCUT2D eigenvalue weighted by Crippen LogP contribution is -2.00. The molecule has 0 amide bonds. The van der Waals surface area contributed by atoms with Crippen molar-refractivity contribution in [3.63, 3.8) is 0 Å². The molecule has 0 aliphatic heterocycles. The summed E-state index contributed by atoms with van der Waals surface area (Å²) >= 11 is 12.2. The zero-order chi connectivity index (χ0) is 13.2. The molecule has 0 atom stereocenters. The summed E-state index contributed by atoms with van der Waals surface area (Å²) in [5, 5.41) is 1.25. The molecule has 1 saturated carbocycles. The van der Waals surface area contributed by atoms with Crippen LogP contribution < -0.4 is 4.74 Å². The van der Waals surface area contributed by atoms with Gasteiger partial charge in [0.15, 0.2) is 0 Å². The van der Waals surface area contributed by atoms with E-state index in [1.54, 1.807) is 18.5 Å². The van der Waals surface area contributed by atoms with E-state index in [1.165, 1.54) is 12.8 Å². The summed E-state index contributed by atoms with van der Waals surface area (Å²) in [5.74, 6) is 1.48. The molecule has 4 heteroatoms. The third kappa shape index (κ3) is 3.02. The molecule has 1 aliphatic rings. The van der Waals surface area contributed by atoms with Crippen LogP contribution in [0.1, 0.15) is 12.8 Å². The summed E-state index contributed by atoms with van der Waals surface area (Å²) < 4.78 is 5.85. The Labute approximate surface area is 122 Å². The van der Waals surface area contributed by atoms with Gasteiger partial charge in [-0.25, -0.2) is 0 Å². The lowest BCUT2D eigenvalue weighted by molar-refractivity contribution is 0.300. The smallest absolute Gasteiger partial charge is 0.145 e. The average Bonchev–Trinajstić information content (AvgIpc) is 3.21. The molecular formula is C15H13Cl2NO. The van der Waals surface area contributed by atoms with E-state index in [1.807, 2.05) is 18.2 Å². The molecule has 3 rings (SSSR count). The number of halogens is 2. The zero-order valence-corrected chi connectivity index (χ0v) is 11.8. The molecule has 0 saturated heterocycles. The van der Waals surface area contributed by atoms with Crippen LogP contribution in [-0.2, 0) is 0 Å². The van der Waals surface area contributed by atoms with Crippen molar-refractivity contribution in [2.24, 2.45) is 5.92 Å². The number of nitrogens with zero attached hydrogens (tertiary/aromatic N) is 1. The van der Waals surface area contributed by atoms with E-state index in [0.29, 0.717) is 16.0 Å². The van der Waals surface area contributed by atoms with Crippen molar-refractivity contribution in [3.05, 3.63) is 46.7 Å². The van der Waals surface area contributed by atoms with Crippen LogP contribution in [0.25, 0.3) is 11.1 Å². The zero-order valence-electron chi connectivity index (χ0n) is 10.3. The van der Waals surface area contributed by atoms with Crippen molar-refractivity contribution in [2.75, 3.05) is 6.61 Å². The van der Waals surface area contributed by atoms with Crippen LogP contribution in [0.15, 0.2) is 36.7 Å². The van der Waals surface area contributed by atoms with Crippen LogP contribution in [-0.4, -0.2) is 11.6 Å². The third-order valence-corrected chi connectivity index (χ3v) is 3.73. The van der Waals surface area contributed by atoms with Gasteiger partial charge in [-0.2, -0.15) is 0 Å². The number of hydrogen-bond acceptors (Lipinski definition) is 2. The fourth-order valence-corrected chi connectivity index (χ4v) is 2.43. The molecule has 2 aromatic rings. The minimum Gasteiger partial charge on any atom is -0.491 e. The van der Waals surface area contributed by atoms with E-state index in [-0.39, 0.29) is 0 Å². The number of hydrogen-bond donors (Lipinski definition) is 0. The number of aromatic nitrogens is 1.